The SMILES string of the molecule is Cc1ccc(COc2ccn(-c3ccc4c5c(oc4c3)CCNC5)c(=O)c2)cn1.Cl. The molecule has 1 aromatic carbocycles. The Morgan fingerprint density at radius 3 is 2.90 bits per heavy atom. The van der Waals surface area contributed by atoms with Crippen LogP contribution in [0, 0.1) is 6.92 Å². The third-order valence-corrected chi connectivity index (χ3v) is 5.24. The number of aryl methyl sites for hydroxylation is 1. The van der Waals surface area contributed by atoms with Gasteiger partial charge in [-0.1, -0.05) is 6.07 Å². The third kappa shape index (κ3) is 3.84. The van der Waals surface area contributed by atoms with E-state index in [1.165, 1.54) is 11.6 Å². The van der Waals surface area contributed by atoms with Crippen molar-refractivity contribution in [2.24, 2.45) is 0 Å². The Morgan fingerprint density at radius 1 is 1.20 bits per heavy atom. The maximum Gasteiger partial charge on any atom is 0.258 e. The summed E-state index contributed by atoms with van der Waals surface area (Å²) in [6.07, 6.45) is 4.41. The Kier molecular flexibility index (Phi) is 5.61. The number of ether oxygens (including phenoxy) is 1. The van der Waals surface area contributed by atoms with E-state index in [-0.39, 0.29) is 18.0 Å². The van der Waals surface area contributed by atoms with E-state index < -0.39 is 0 Å². The lowest BCUT2D eigenvalue weighted by Gasteiger charge is -2.11. The van der Waals surface area contributed by atoms with Gasteiger partial charge in [-0.15, -0.1) is 12.4 Å². The molecular formula is C23H22ClN3O3. The van der Waals surface area contributed by atoms with Gasteiger partial charge in [-0.25, -0.2) is 0 Å². The van der Waals surface area contributed by atoms with Gasteiger partial charge in [0.25, 0.3) is 5.56 Å². The first kappa shape index (κ1) is 20.2. The number of aromatic nitrogens is 2. The number of nitrogens with one attached hydrogen (secondary N) is 1. The van der Waals surface area contributed by atoms with E-state index in [1.54, 1.807) is 23.0 Å². The summed E-state index contributed by atoms with van der Waals surface area (Å²) >= 11 is 0. The van der Waals surface area contributed by atoms with Crippen molar-refractivity contribution >= 4 is 23.4 Å². The van der Waals surface area contributed by atoms with E-state index in [2.05, 4.69) is 10.3 Å². The predicted molar refractivity (Wildman–Crippen MR) is 118 cm³/mol. The highest BCUT2D eigenvalue weighted by atomic mass is 35.5. The molecule has 0 saturated heterocycles. The smallest absolute Gasteiger partial charge is 0.258 e. The second-order valence-corrected chi connectivity index (χ2v) is 7.28. The molecule has 1 aliphatic heterocycles. The fourth-order valence-electron chi connectivity index (χ4n) is 3.66. The molecule has 4 aromatic rings. The van der Waals surface area contributed by atoms with Crippen molar-refractivity contribution in [1.29, 1.82) is 0 Å². The average Bonchev–Trinajstić information content (AvgIpc) is 3.11. The molecule has 0 unspecified atom stereocenters. The van der Waals surface area contributed by atoms with Crippen LogP contribution in [0.2, 0.25) is 0 Å². The maximum atomic E-state index is 12.7. The number of furan rings is 1. The van der Waals surface area contributed by atoms with Crippen LogP contribution in [-0.2, 0) is 19.6 Å². The zero-order valence-electron chi connectivity index (χ0n) is 16.6. The van der Waals surface area contributed by atoms with Gasteiger partial charge in [0.2, 0.25) is 0 Å². The standard InChI is InChI=1S/C23H21N3O3.ClH/c1-15-2-3-16(12-25-15)14-28-18-7-9-26(23(27)11-18)17-4-5-19-20-13-24-8-6-21(20)29-22(19)10-17;/h2-5,7,9-12,24H,6,8,13-14H2,1H3;1H. The summed E-state index contributed by atoms with van der Waals surface area (Å²) < 4.78 is 13.4. The Bertz CT molecular complexity index is 1250. The fraction of sp³-hybridized carbons (Fsp3) is 0.217. The van der Waals surface area contributed by atoms with Crippen molar-refractivity contribution in [3.63, 3.8) is 0 Å². The molecule has 3 aromatic heterocycles. The van der Waals surface area contributed by atoms with Crippen LogP contribution in [0.1, 0.15) is 22.6 Å². The first-order valence-electron chi connectivity index (χ1n) is 9.70. The van der Waals surface area contributed by atoms with Crippen molar-refractivity contribution in [3.05, 3.63) is 87.8 Å². The van der Waals surface area contributed by atoms with Gasteiger partial charge >= 0.3 is 0 Å². The van der Waals surface area contributed by atoms with Gasteiger partial charge in [0.15, 0.2) is 0 Å². The molecule has 0 atom stereocenters. The summed E-state index contributed by atoms with van der Waals surface area (Å²) in [5.74, 6) is 1.57. The average molecular weight is 424 g/mol. The molecule has 154 valence electrons. The van der Waals surface area contributed by atoms with Crippen LogP contribution in [0.25, 0.3) is 16.7 Å². The van der Waals surface area contributed by atoms with Gasteiger partial charge in [0.05, 0.1) is 5.69 Å². The normalized spacial score (nSPS) is 13.0. The van der Waals surface area contributed by atoms with Gasteiger partial charge in [-0.2, -0.15) is 0 Å². The van der Waals surface area contributed by atoms with Gasteiger partial charge in [0.1, 0.15) is 23.7 Å². The quantitative estimate of drug-likeness (QED) is 0.538. The summed E-state index contributed by atoms with van der Waals surface area (Å²) in [6.45, 7) is 4.06. The molecule has 0 aliphatic carbocycles. The van der Waals surface area contributed by atoms with Gasteiger partial charge in [0, 0.05) is 66.2 Å². The minimum absolute atomic E-state index is 0. The zero-order valence-corrected chi connectivity index (χ0v) is 17.4. The van der Waals surface area contributed by atoms with E-state index in [9.17, 15) is 4.79 Å². The van der Waals surface area contributed by atoms with Crippen LogP contribution in [-0.4, -0.2) is 16.1 Å². The molecule has 0 fully saturated rings. The topological polar surface area (TPSA) is 69.3 Å². The van der Waals surface area contributed by atoms with E-state index in [4.69, 9.17) is 9.15 Å². The Hall–Kier alpha value is -3.09. The Morgan fingerprint density at radius 2 is 2.10 bits per heavy atom. The highest BCUT2D eigenvalue weighted by molar-refractivity contribution is 5.85. The minimum atomic E-state index is -0.151. The molecular weight excluding hydrogens is 402 g/mol. The van der Waals surface area contributed by atoms with E-state index >= 15 is 0 Å². The van der Waals surface area contributed by atoms with Crippen LogP contribution in [0.15, 0.2) is 64.1 Å². The number of pyridine rings is 2. The summed E-state index contributed by atoms with van der Waals surface area (Å²) in [7, 11) is 0. The molecule has 5 rings (SSSR count). The lowest BCUT2D eigenvalue weighted by Crippen LogP contribution is -2.22. The first-order chi connectivity index (χ1) is 14.2. The van der Waals surface area contributed by atoms with Gasteiger partial charge in [-0.05, 0) is 31.2 Å². The predicted octanol–water partition coefficient (Wildman–Crippen LogP) is 3.93. The molecule has 0 amide bonds. The number of rotatable bonds is 4. The lowest BCUT2D eigenvalue weighted by atomic mass is 10.1. The highest BCUT2D eigenvalue weighted by Crippen LogP contribution is 2.29. The second kappa shape index (κ2) is 8.34. The molecule has 0 saturated carbocycles. The molecule has 0 bridgehead atoms. The van der Waals surface area contributed by atoms with Crippen LogP contribution in [0.3, 0.4) is 0 Å². The molecule has 6 nitrogen and oxygen atoms in total. The number of halogens is 1. The van der Waals surface area contributed by atoms with Gasteiger partial charge < -0.3 is 14.5 Å². The maximum absolute atomic E-state index is 12.7. The molecule has 30 heavy (non-hydrogen) atoms. The molecule has 0 radical (unpaired) electrons. The van der Waals surface area contributed by atoms with E-state index in [0.717, 1.165) is 53.2 Å². The number of nitrogens with zero attached hydrogens (tertiary/aromatic N) is 2. The number of hydrogen-bond donors (Lipinski definition) is 1. The van der Waals surface area contributed by atoms with E-state index in [0.29, 0.717) is 12.4 Å². The minimum Gasteiger partial charge on any atom is -0.489 e. The number of benzene rings is 1. The molecule has 0 spiro atoms. The fourth-order valence-corrected chi connectivity index (χ4v) is 3.66. The number of fused-ring (bicyclic) bond motifs is 3. The molecule has 1 aliphatic rings. The Labute approximate surface area is 179 Å². The first-order valence-corrected chi connectivity index (χ1v) is 9.70. The van der Waals surface area contributed by atoms with Crippen molar-refractivity contribution in [2.45, 2.75) is 26.5 Å². The van der Waals surface area contributed by atoms with Gasteiger partial charge in [-0.3, -0.25) is 14.3 Å². The Balaban J connectivity index is 0.00000218. The van der Waals surface area contributed by atoms with Crippen molar-refractivity contribution in [2.75, 3.05) is 6.54 Å². The summed E-state index contributed by atoms with van der Waals surface area (Å²) in [5, 5.41) is 4.48. The number of hydrogen-bond acceptors (Lipinski definition) is 5. The molecule has 1 N–H and O–H groups in total. The lowest BCUT2D eigenvalue weighted by molar-refractivity contribution is 0.304. The van der Waals surface area contributed by atoms with Crippen molar-refractivity contribution in [1.82, 2.24) is 14.9 Å². The monoisotopic (exact) mass is 423 g/mol. The van der Waals surface area contributed by atoms with Crippen molar-refractivity contribution in [3.8, 4) is 11.4 Å². The van der Waals surface area contributed by atoms with Crippen LogP contribution < -0.4 is 15.6 Å². The van der Waals surface area contributed by atoms with Crippen LogP contribution in [0.5, 0.6) is 5.75 Å². The largest absolute Gasteiger partial charge is 0.489 e. The van der Waals surface area contributed by atoms with Crippen molar-refractivity contribution < 1.29 is 9.15 Å². The summed E-state index contributed by atoms with van der Waals surface area (Å²) in [4.78, 5) is 16.9. The second-order valence-electron chi connectivity index (χ2n) is 7.28. The third-order valence-electron chi connectivity index (χ3n) is 5.24. The van der Waals surface area contributed by atoms with Crippen LogP contribution in [0.4, 0.5) is 0 Å². The zero-order chi connectivity index (χ0) is 19.8. The molecule has 7 heteroatoms. The highest BCUT2D eigenvalue weighted by Gasteiger charge is 2.17. The summed E-state index contributed by atoms with van der Waals surface area (Å²) in [5.41, 5.74) is 4.58. The van der Waals surface area contributed by atoms with E-state index in [1.807, 2.05) is 37.3 Å². The summed E-state index contributed by atoms with van der Waals surface area (Å²) in [6, 6.07) is 13.1. The molecule has 4 heterocycles. The van der Waals surface area contributed by atoms with Crippen LogP contribution >= 0.6 is 12.4 Å².